The number of ether oxygens (including phenoxy) is 1. The van der Waals surface area contributed by atoms with Crippen LogP contribution in [0.3, 0.4) is 0 Å². The number of carboxylic acid groups (broad SMARTS) is 1. The summed E-state index contributed by atoms with van der Waals surface area (Å²) in [6.07, 6.45) is 7.22. The molecule has 0 unspecified atom stereocenters. The molecule has 0 radical (unpaired) electrons. The molecule has 1 aromatic rings. The lowest BCUT2D eigenvalue weighted by Gasteiger charge is -2.24. The van der Waals surface area contributed by atoms with Crippen LogP contribution in [0.4, 0.5) is 0 Å². The highest BCUT2D eigenvalue weighted by Crippen LogP contribution is 2.22. The zero-order chi connectivity index (χ0) is 20.2. The van der Waals surface area contributed by atoms with E-state index in [-0.39, 0.29) is 18.3 Å². The third-order valence-corrected chi connectivity index (χ3v) is 4.68. The number of carbonyl (C=O) groups excluding carboxylic acids is 2. The molecular formula is C22H29NO5. The first-order chi connectivity index (χ1) is 13.6. The highest BCUT2D eigenvalue weighted by molar-refractivity contribution is 5.83. The number of amides is 1. The minimum atomic E-state index is -0.979. The van der Waals surface area contributed by atoms with Crippen molar-refractivity contribution in [1.29, 1.82) is 0 Å². The minimum Gasteiger partial charge on any atom is -0.480 e. The number of aliphatic carboxylic acids is 1. The van der Waals surface area contributed by atoms with Gasteiger partial charge in [0.25, 0.3) is 0 Å². The number of nitrogens with zero attached hydrogens (tertiary/aromatic N) is 1. The average molecular weight is 387 g/mol. The molecule has 6 nitrogen and oxygen atoms in total. The highest BCUT2D eigenvalue weighted by atomic mass is 16.5. The lowest BCUT2D eigenvalue weighted by molar-refractivity contribution is -0.142. The number of carboxylic acids is 1. The first-order valence-electron chi connectivity index (χ1n) is 9.91. The van der Waals surface area contributed by atoms with Crippen LogP contribution >= 0.6 is 0 Å². The number of unbranched alkanes of at least 4 members (excludes halogenated alkanes) is 1. The van der Waals surface area contributed by atoms with E-state index in [1.807, 2.05) is 36.4 Å². The van der Waals surface area contributed by atoms with Crippen LogP contribution in [0.5, 0.6) is 0 Å². The topological polar surface area (TPSA) is 83.9 Å². The van der Waals surface area contributed by atoms with Gasteiger partial charge in [-0.15, -0.1) is 0 Å². The lowest BCUT2D eigenvalue weighted by atomic mass is 10.1. The van der Waals surface area contributed by atoms with Gasteiger partial charge >= 0.3 is 5.97 Å². The zero-order valence-corrected chi connectivity index (χ0v) is 16.3. The molecule has 0 spiro atoms. The Labute approximate surface area is 166 Å². The number of allylic oxidation sites excluding steroid dienone is 2. The summed E-state index contributed by atoms with van der Waals surface area (Å²) in [7, 11) is 0. The first-order valence-corrected chi connectivity index (χ1v) is 9.91. The maximum Gasteiger partial charge on any atom is 0.329 e. The van der Waals surface area contributed by atoms with E-state index in [0.717, 1.165) is 36.9 Å². The third kappa shape index (κ3) is 8.05. The number of hydrogen-bond donors (Lipinski definition) is 1. The standard InChI is InChI=1S/C22H29NO5/c24-20(16-18-8-2-1-3-9-18)13-12-19-10-4-5-11-21(25)23(19)14-6-7-15-28-17-22(26)27/h1-3,8-9,12H,4-7,10-11,13-17H2,(H,26,27). The lowest BCUT2D eigenvalue weighted by Crippen LogP contribution is -2.30. The van der Waals surface area contributed by atoms with Crippen LogP contribution in [0.1, 0.15) is 50.5 Å². The molecule has 1 amide bonds. The molecular weight excluding hydrogens is 358 g/mol. The minimum absolute atomic E-state index is 0.103. The van der Waals surface area contributed by atoms with Crippen LogP contribution in [0.15, 0.2) is 42.1 Å². The molecule has 1 aromatic carbocycles. The van der Waals surface area contributed by atoms with E-state index in [1.54, 1.807) is 4.90 Å². The number of ketones is 1. The summed E-state index contributed by atoms with van der Waals surface area (Å²) in [6, 6.07) is 9.66. The monoisotopic (exact) mass is 387 g/mol. The average Bonchev–Trinajstić information content (AvgIpc) is 2.85. The van der Waals surface area contributed by atoms with Gasteiger partial charge in [0, 0.05) is 38.1 Å². The Hall–Kier alpha value is -2.47. The molecule has 0 saturated carbocycles. The summed E-state index contributed by atoms with van der Waals surface area (Å²) in [6.45, 7) is 0.647. The van der Waals surface area contributed by atoms with E-state index in [9.17, 15) is 14.4 Å². The Kier molecular flexibility index (Phi) is 9.42. The quantitative estimate of drug-likeness (QED) is 0.589. The summed E-state index contributed by atoms with van der Waals surface area (Å²) in [4.78, 5) is 37.0. The maximum atomic E-state index is 12.5. The molecule has 1 N–H and O–H groups in total. The van der Waals surface area contributed by atoms with Crippen molar-refractivity contribution >= 4 is 17.7 Å². The Morgan fingerprint density at radius 2 is 1.86 bits per heavy atom. The van der Waals surface area contributed by atoms with Gasteiger partial charge in [0.1, 0.15) is 12.4 Å². The van der Waals surface area contributed by atoms with Gasteiger partial charge in [-0.3, -0.25) is 9.59 Å². The van der Waals surface area contributed by atoms with E-state index in [0.29, 0.717) is 38.8 Å². The van der Waals surface area contributed by atoms with Crippen LogP contribution < -0.4 is 0 Å². The van der Waals surface area contributed by atoms with Gasteiger partial charge in [-0.2, -0.15) is 0 Å². The van der Waals surface area contributed by atoms with Gasteiger partial charge < -0.3 is 14.7 Å². The van der Waals surface area contributed by atoms with Gasteiger partial charge in [-0.05, 0) is 37.7 Å². The van der Waals surface area contributed by atoms with Crippen LogP contribution in [-0.4, -0.2) is 47.4 Å². The Balaban J connectivity index is 1.86. The van der Waals surface area contributed by atoms with E-state index in [1.165, 1.54) is 0 Å². The third-order valence-electron chi connectivity index (χ3n) is 4.68. The fourth-order valence-corrected chi connectivity index (χ4v) is 3.25. The molecule has 1 fully saturated rings. The van der Waals surface area contributed by atoms with E-state index in [2.05, 4.69) is 0 Å². The molecule has 28 heavy (non-hydrogen) atoms. The van der Waals surface area contributed by atoms with Crippen molar-refractivity contribution in [2.75, 3.05) is 19.8 Å². The molecule has 0 atom stereocenters. The summed E-state index contributed by atoms with van der Waals surface area (Å²) < 4.78 is 5.04. The summed E-state index contributed by atoms with van der Waals surface area (Å²) >= 11 is 0. The van der Waals surface area contributed by atoms with E-state index >= 15 is 0 Å². The van der Waals surface area contributed by atoms with Crippen LogP contribution in [-0.2, 0) is 25.5 Å². The molecule has 1 aliphatic rings. The van der Waals surface area contributed by atoms with Crippen molar-refractivity contribution in [1.82, 2.24) is 4.90 Å². The van der Waals surface area contributed by atoms with E-state index < -0.39 is 5.97 Å². The van der Waals surface area contributed by atoms with Crippen molar-refractivity contribution in [2.24, 2.45) is 0 Å². The molecule has 0 bridgehead atoms. The van der Waals surface area contributed by atoms with Crippen molar-refractivity contribution in [3.05, 3.63) is 47.7 Å². The number of Topliss-reactive ketones (excluding diaryl/α,β-unsaturated/α-hetero) is 1. The number of likely N-dealkylation sites (tertiary alicyclic amines) is 1. The van der Waals surface area contributed by atoms with Gasteiger partial charge in [-0.1, -0.05) is 36.4 Å². The summed E-state index contributed by atoms with van der Waals surface area (Å²) in [5.41, 5.74) is 1.94. The number of rotatable bonds is 11. The van der Waals surface area contributed by atoms with Crippen LogP contribution in [0.25, 0.3) is 0 Å². The largest absolute Gasteiger partial charge is 0.480 e. The van der Waals surface area contributed by atoms with Crippen LogP contribution in [0.2, 0.25) is 0 Å². The Bertz CT molecular complexity index is 683. The van der Waals surface area contributed by atoms with Gasteiger partial charge in [0.05, 0.1) is 0 Å². The second-order valence-electron chi connectivity index (χ2n) is 7.01. The molecule has 2 rings (SSSR count). The van der Waals surface area contributed by atoms with Crippen molar-refractivity contribution in [3.63, 3.8) is 0 Å². The predicted octanol–water partition coefficient (Wildman–Crippen LogP) is 3.36. The molecule has 1 saturated heterocycles. The molecule has 152 valence electrons. The fraction of sp³-hybridized carbons (Fsp3) is 0.500. The number of carbonyl (C=O) groups is 3. The Morgan fingerprint density at radius 1 is 1.11 bits per heavy atom. The normalized spacial score (nSPS) is 16.2. The van der Waals surface area contributed by atoms with Gasteiger partial charge in [0.15, 0.2) is 0 Å². The second-order valence-corrected chi connectivity index (χ2v) is 7.01. The molecule has 0 aromatic heterocycles. The predicted molar refractivity (Wildman–Crippen MR) is 106 cm³/mol. The number of benzene rings is 1. The molecule has 6 heteroatoms. The Morgan fingerprint density at radius 3 is 2.61 bits per heavy atom. The van der Waals surface area contributed by atoms with Gasteiger partial charge in [-0.25, -0.2) is 4.79 Å². The zero-order valence-electron chi connectivity index (χ0n) is 16.3. The van der Waals surface area contributed by atoms with Gasteiger partial charge in [0.2, 0.25) is 5.91 Å². The second kappa shape index (κ2) is 12.1. The maximum absolute atomic E-state index is 12.5. The summed E-state index contributed by atoms with van der Waals surface area (Å²) in [5, 5.41) is 8.56. The summed E-state index contributed by atoms with van der Waals surface area (Å²) in [5.74, 6) is -0.740. The van der Waals surface area contributed by atoms with Crippen molar-refractivity contribution in [2.45, 2.75) is 51.4 Å². The first kappa shape index (κ1) is 21.8. The van der Waals surface area contributed by atoms with E-state index in [4.69, 9.17) is 9.84 Å². The molecule has 0 aliphatic carbocycles. The number of hydrogen-bond acceptors (Lipinski definition) is 4. The highest BCUT2D eigenvalue weighted by Gasteiger charge is 2.20. The van der Waals surface area contributed by atoms with Crippen molar-refractivity contribution < 1.29 is 24.2 Å². The van der Waals surface area contributed by atoms with Crippen molar-refractivity contribution in [3.8, 4) is 0 Å². The fourth-order valence-electron chi connectivity index (χ4n) is 3.25. The SMILES string of the molecule is O=C(O)COCCCCN1C(=O)CCCCC1=CCC(=O)Cc1ccccc1. The van der Waals surface area contributed by atoms with Crippen LogP contribution in [0, 0.1) is 0 Å². The molecule has 1 aliphatic heterocycles. The molecule has 1 heterocycles. The smallest absolute Gasteiger partial charge is 0.329 e.